The Bertz CT molecular complexity index is 600. The first-order chi connectivity index (χ1) is 11.0. The molecule has 0 unspecified atom stereocenters. The lowest BCUT2D eigenvalue weighted by Gasteiger charge is -2.22. The van der Waals surface area contributed by atoms with Crippen LogP contribution in [0.3, 0.4) is 0 Å². The topological polar surface area (TPSA) is 30.5 Å². The van der Waals surface area contributed by atoms with Gasteiger partial charge >= 0.3 is 0 Å². The van der Waals surface area contributed by atoms with E-state index in [-0.39, 0.29) is 5.41 Å². The van der Waals surface area contributed by atoms with Crippen molar-refractivity contribution in [2.24, 2.45) is 0 Å². The van der Waals surface area contributed by atoms with E-state index in [0.717, 1.165) is 18.0 Å². The quantitative estimate of drug-likeness (QED) is 0.779. The largest absolute Gasteiger partial charge is 0.490 e. The number of rotatable bonds is 7. The van der Waals surface area contributed by atoms with Gasteiger partial charge in [-0.3, -0.25) is 0 Å². The maximum atomic E-state index is 5.91. The van der Waals surface area contributed by atoms with E-state index in [0.29, 0.717) is 13.2 Å². The van der Waals surface area contributed by atoms with Crippen molar-refractivity contribution in [1.29, 1.82) is 0 Å². The highest BCUT2D eigenvalue weighted by atomic mass is 16.5. The summed E-state index contributed by atoms with van der Waals surface area (Å²) in [5.74, 6) is 1.81. The first kappa shape index (κ1) is 17.4. The van der Waals surface area contributed by atoms with Gasteiger partial charge in [0, 0.05) is 6.54 Å². The van der Waals surface area contributed by atoms with Crippen LogP contribution in [0.25, 0.3) is 0 Å². The van der Waals surface area contributed by atoms with Gasteiger partial charge in [0.05, 0.1) is 0 Å². The van der Waals surface area contributed by atoms with Gasteiger partial charge in [0.25, 0.3) is 0 Å². The van der Waals surface area contributed by atoms with Crippen molar-refractivity contribution < 1.29 is 9.47 Å². The fraction of sp³-hybridized carbons (Fsp3) is 0.400. The van der Waals surface area contributed by atoms with E-state index in [9.17, 15) is 0 Å². The standard InChI is InChI=1S/C20H27NO2/c1-20(2,3)18-7-5-6-8-19(18)23-14-13-22-17-11-9-16(10-12-17)15-21-4/h5-12,21H,13-15H2,1-4H3. The summed E-state index contributed by atoms with van der Waals surface area (Å²) in [6.45, 7) is 8.51. The highest BCUT2D eigenvalue weighted by Crippen LogP contribution is 2.30. The molecular formula is C20H27NO2. The SMILES string of the molecule is CNCc1ccc(OCCOc2ccccc2C(C)(C)C)cc1. The monoisotopic (exact) mass is 313 g/mol. The third kappa shape index (κ3) is 5.29. The summed E-state index contributed by atoms with van der Waals surface area (Å²) in [5, 5.41) is 3.13. The zero-order chi connectivity index (χ0) is 16.7. The van der Waals surface area contributed by atoms with Gasteiger partial charge in [0.1, 0.15) is 24.7 Å². The second-order valence-corrected chi connectivity index (χ2v) is 6.62. The molecule has 0 saturated carbocycles. The Labute approximate surface area is 139 Å². The molecule has 2 aromatic rings. The summed E-state index contributed by atoms with van der Waals surface area (Å²) in [5.41, 5.74) is 2.53. The third-order valence-corrected chi connectivity index (χ3v) is 3.61. The summed E-state index contributed by atoms with van der Waals surface area (Å²) < 4.78 is 11.7. The van der Waals surface area contributed by atoms with Crippen molar-refractivity contribution >= 4 is 0 Å². The molecule has 23 heavy (non-hydrogen) atoms. The van der Waals surface area contributed by atoms with Crippen molar-refractivity contribution in [3.63, 3.8) is 0 Å². The molecule has 0 radical (unpaired) electrons. The summed E-state index contributed by atoms with van der Waals surface area (Å²) in [6, 6.07) is 16.3. The molecule has 0 spiro atoms. The first-order valence-electron chi connectivity index (χ1n) is 8.09. The molecule has 3 nitrogen and oxygen atoms in total. The van der Waals surface area contributed by atoms with Crippen molar-refractivity contribution in [3.05, 3.63) is 59.7 Å². The summed E-state index contributed by atoms with van der Waals surface area (Å²) >= 11 is 0. The van der Waals surface area contributed by atoms with Crippen LogP contribution < -0.4 is 14.8 Å². The summed E-state index contributed by atoms with van der Waals surface area (Å²) in [4.78, 5) is 0. The van der Waals surface area contributed by atoms with Gasteiger partial charge in [-0.1, -0.05) is 51.1 Å². The number of nitrogens with one attached hydrogen (secondary N) is 1. The lowest BCUT2D eigenvalue weighted by atomic mass is 9.86. The molecule has 0 saturated heterocycles. The fourth-order valence-corrected chi connectivity index (χ4v) is 2.43. The van der Waals surface area contributed by atoms with Crippen LogP contribution in [0.1, 0.15) is 31.9 Å². The van der Waals surface area contributed by atoms with Crippen molar-refractivity contribution in [2.45, 2.75) is 32.7 Å². The Hall–Kier alpha value is -2.00. The van der Waals surface area contributed by atoms with E-state index in [2.05, 4.69) is 50.4 Å². The molecule has 0 bridgehead atoms. The van der Waals surface area contributed by atoms with Crippen LogP contribution >= 0.6 is 0 Å². The van der Waals surface area contributed by atoms with Crippen molar-refractivity contribution in [3.8, 4) is 11.5 Å². The number of ether oxygens (including phenoxy) is 2. The molecule has 0 aliphatic carbocycles. The van der Waals surface area contributed by atoms with Crippen molar-refractivity contribution in [1.82, 2.24) is 5.32 Å². The molecule has 0 aliphatic heterocycles. The lowest BCUT2D eigenvalue weighted by Crippen LogP contribution is -2.15. The minimum Gasteiger partial charge on any atom is -0.490 e. The first-order valence-corrected chi connectivity index (χ1v) is 8.09. The Morgan fingerprint density at radius 3 is 2.17 bits per heavy atom. The average Bonchev–Trinajstić information content (AvgIpc) is 2.53. The Morgan fingerprint density at radius 1 is 0.870 bits per heavy atom. The van der Waals surface area contributed by atoms with Gasteiger partial charge in [-0.15, -0.1) is 0 Å². The van der Waals surface area contributed by atoms with Gasteiger partial charge in [0.15, 0.2) is 0 Å². The van der Waals surface area contributed by atoms with Gasteiger partial charge in [-0.2, -0.15) is 0 Å². The van der Waals surface area contributed by atoms with Crippen LogP contribution in [-0.2, 0) is 12.0 Å². The molecule has 0 aliphatic rings. The average molecular weight is 313 g/mol. The number of para-hydroxylation sites is 1. The zero-order valence-corrected chi connectivity index (χ0v) is 14.6. The van der Waals surface area contributed by atoms with Gasteiger partial charge in [-0.05, 0) is 41.8 Å². The summed E-state index contributed by atoms with van der Waals surface area (Å²) in [6.07, 6.45) is 0. The molecule has 1 N–H and O–H groups in total. The van der Waals surface area contributed by atoms with E-state index in [1.807, 2.05) is 31.3 Å². The van der Waals surface area contributed by atoms with Gasteiger partial charge in [0.2, 0.25) is 0 Å². The van der Waals surface area contributed by atoms with E-state index >= 15 is 0 Å². The van der Waals surface area contributed by atoms with Crippen LogP contribution in [0.4, 0.5) is 0 Å². The molecule has 3 heteroatoms. The normalized spacial score (nSPS) is 11.3. The van der Waals surface area contributed by atoms with E-state index in [4.69, 9.17) is 9.47 Å². The Balaban J connectivity index is 1.84. The number of hydrogen-bond donors (Lipinski definition) is 1. The Kier molecular flexibility index (Phi) is 6.05. The van der Waals surface area contributed by atoms with Gasteiger partial charge < -0.3 is 14.8 Å². The van der Waals surface area contributed by atoms with Crippen LogP contribution in [0.2, 0.25) is 0 Å². The van der Waals surface area contributed by atoms with Gasteiger partial charge in [-0.25, -0.2) is 0 Å². The molecule has 2 aromatic carbocycles. The van der Waals surface area contributed by atoms with Crippen LogP contribution in [-0.4, -0.2) is 20.3 Å². The third-order valence-electron chi connectivity index (χ3n) is 3.61. The smallest absolute Gasteiger partial charge is 0.123 e. The van der Waals surface area contributed by atoms with E-state index in [1.165, 1.54) is 11.1 Å². The minimum absolute atomic E-state index is 0.0700. The maximum Gasteiger partial charge on any atom is 0.123 e. The van der Waals surface area contributed by atoms with Crippen LogP contribution in [0, 0.1) is 0 Å². The Morgan fingerprint density at radius 2 is 1.52 bits per heavy atom. The molecule has 0 heterocycles. The highest BCUT2D eigenvalue weighted by molar-refractivity contribution is 5.38. The number of benzene rings is 2. The maximum absolute atomic E-state index is 5.91. The van der Waals surface area contributed by atoms with Crippen molar-refractivity contribution in [2.75, 3.05) is 20.3 Å². The molecular weight excluding hydrogens is 286 g/mol. The molecule has 0 amide bonds. The predicted molar refractivity (Wildman–Crippen MR) is 95.3 cm³/mol. The zero-order valence-electron chi connectivity index (χ0n) is 14.6. The highest BCUT2D eigenvalue weighted by Gasteiger charge is 2.18. The fourth-order valence-electron chi connectivity index (χ4n) is 2.43. The van der Waals surface area contributed by atoms with E-state index in [1.54, 1.807) is 0 Å². The number of hydrogen-bond acceptors (Lipinski definition) is 3. The molecule has 0 atom stereocenters. The summed E-state index contributed by atoms with van der Waals surface area (Å²) in [7, 11) is 1.94. The molecule has 2 rings (SSSR count). The lowest BCUT2D eigenvalue weighted by molar-refractivity contribution is 0.214. The molecule has 124 valence electrons. The van der Waals surface area contributed by atoms with Crippen LogP contribution in [0.15, 0.2) is 48.5 Å². The molecule has 0 aromatic heterocycles. The predicted octanol–water partition coefficient (Wildman–Crippen LogP) is 4.16. The second-order valence-electron chi connectivity index (χ2n) is 6.62. The van der Waals surface area contributed by atoms with Crippen LogP contribution in [0.5, 0.6) is 11.5 Å². The molecule has 0 fully saturated rings. The second kappa shape index (κ2) is 8.02. The minimum atomic E-state index is 0.0700. The van der Waals surface area contributed by atoms with E-state index < -0.39 is 0 Å².